The number of ether oxygens (including phenoxy) is 2. The topological polar surface area (TPSA) is 134 Å². The smallest absolute Gasteiger partial charge is 0.423 e. The van der Waals surface area contributed by atoms with E-state index in [9.17, 15) is 29.7 Å². The van der Waals surface area contributed by atoms with Crippen molar-refractivity contribution in [2.24, 2.45) is 17.8 Å². The average Bonchev–Trinajstić information content (AvgIpc) is 3.24. The van der Waals surface area contributed by atoms with Crippen LogP contribution in [0.1, 0.15) is 44.6 Å². The maximum Gasteiger partial charge on any atom is 0.423 e. The van der Waals surface area contributed by atoms with Gasteiger partial charge >= 0.3 is 6.09 Å². The van der Waals surface area contributed by atoms with Crippen molar-refractivity contribution >= 4 is 39.9 Å². The van der Waals surface area contributed by atoms with Crippen LogP contribution in [-0.4, -0.2) is 64.6 Å². The largest absolute Gasteiger partial charge is 0.507 e. The van der Waals surface area contributed by atoms with Crippen molar-refractivity contribution in [1.82, 2.24) is 4.90 Å². The molecule has 0 unspecified atom stereocenters. The van der Waals surface area contributed by atoms with Crippen molar-refractivity contribution < 1.29 is 39.2 Å². The van der Waals surface area contributed by atoms with E-state index in [1.165, 1.54) is 0 Å². The molecule has 2 aliphatic rings. The molecule has 1 saturated heterocycles. The zero-order valence-corrected chi connectivity index (χ0v) is 25.2. The summed E-state index contributed by atoms with van der Waals surface area (Å²) in [5.74, 6) is -3.44. The van der Waals surface area contributed by atoms with Crippen molar-refractivity contribution in [3.05, 3.63) is 75.3 Å². The summed E-state index contributed by atoms with van der Waals surface area (Å²) in [4.78, 5) is 39.3. The number of aliphatic hydroxyl groups excluding tert-OH is 2. The summed E-state index contributed by atoms with van der Waals surface area (Å²) in [6.07, 6.45) is 2.27. The van der Waals surface area contributed by atoms with Gasteiger partial charge in [-0.25, -0.2) is 4.79 Å². The van der Waals surface area contributed by atoms with Crippen LogP contribution in [-0.2, 0) is 14.3 Å². The van der Waals surface area contributed by atoms with Gasteiger partial charge < -0.3 is 24.8 Å². The second kappa shape index (κ2) is 14.1. The highest BCUT2D eigenvalue weighted by atomic mass is 79.9. The molecule has 42 heavy (non-hydrogen) atoms. The van der Waals surface area contributed by atoms with Gasteiger partial charge in [0.25, 0.3) is 0 Å². The molecule has 3 N–H and O–H groups in total. The van der Waals surface area contributed by atoms with E-state index < -0.39 is 48.4 Å². The summed E-state index contributed by atoms with van der Waals surface area (Å²) in [5, 5.41) is 32.5. The number of nitrogens with zero attached hydrogens (tertiary/aromatic N) is 1. The van der Waals surface area contributed by atoms with Gasteiger partial charge in [-0.3, -0.25) is 9.59 Å². The Balaban J connectivity index is 1.66. The summed E-state index contributed by atoms with van der Waals surface area (Å²) in [7, 11) is 1.09. The first-order valence-corrected chi connectivity index (χ1v) is 14.8. The van der Waals surface area contributed by atoms with Crippen molar-refractivity contribution in [2.45, 2.75) is 45.1 Å². The SMILES string of the molecule is CCC/C(=C\c1cc(Br)ccc1O)CC[C@@H](O)C1=C(COc2ccccc2)C[C@H]2C(=O)N(C(=O)OC)C(=O)[C@H]2[C@H]1CO. The maximum atomic E-state index is 13.3. The zero-order chi connectivity index (χ0) is 30.4. The van der Waals surface area contributed by atoms with Gasteiger partial charge in [-0.15, -0.1) is 0 Å². The number of amides is 3. The lowest BCUT2D eigenvalue weighted by Crippen LogP contribution is -2.40. The van der Waals surface area contributed by atoms with Gasteiger partial charge in [-0.2, -0.15) is 4.90 Å². The number of hydrogen-bond donors (Lipinski definition) is 3. The minimum absolute atomic E-state index is 0.0411. The lowest BCUT2D eigenvalue weighted by atomic mass is 9.68. The Morgan fingerprint density at radius 1 is 1.14 bits per heavy atom. The first-order valence-electron chi connectivity index (χ1n) is 14.0. The highest BCUT2D eigenvalue weighted by Gasteiger charge is 2.57. The highest BCUT2D eigenvalue weighted by Crippen LogP contribution is 2.46. The molecule has 4 rings (SSSR count). The maximum absolute atomic E-state index is 13.3. The summed E-state index contributed by atoms with van der Waals surface area (Å²) >= 11 is 3.44. The molecule has 10 heteroatoms. The molecular formula is C32H36BrNO8. The standard InChI is InChI=1S/C32H36BrNO8/c1-3-7-19(14-20-15-22(33)11-13-26(20)36)10-12-27(37)28-21(18-42-23-8-5-4-6-9-23)16-24-29(25(28)17-35)31(39)34(30(24)38)32(40)41-2/h4-6,8-9,11,13-15,24-25,27,29,35-37H,3,7,10,12,16-18H2,1-2H3/b19-14+/t24-,25+,27-,29-/m1/s1. The summed E-state index contributed by atoms with van der Waals surface area (Å²) in [5.41, 5.74) is 2.75. The predicted molar refractivity (Wildman–Crippen MR) is 159 cm³/mol. The van der Waals surface area contributed by atoms with Crippen LogP contribution in [0.15, 0.2) is 69.7 Å². The molecule has 0 spiro atoms. The molecule has 224 valence electrons. The molecule has 1 heterocycles. The highest BCUT2D eigenvalue weighted by molar-refractivity contribution is 9.10. The van der Waals surface area contributed by atoms with Crippen LogP contribution >= 0.6 is 15.9 Å². The van der Waals surface area contributed by atoms with Crippen LogP contribution in [0.5, 0.6) is 11.5 Å². The number of phenolic OH excluding ortho intramolecular Hbond substituents is 1. The van der Waals surface area contributed by atoms with Crippen LogP contribution in [0.4, 0.5) is 4.79 Å². The Morgan fingerprint density at radius 2 is 1.88 bits per heavy atom. The van der Waals surface area contributed by atoms with E-state index in [0.29, 0.717) is 33.8 Å². The van der Waals surface area contributed by atoms with Crippen LogP contribution in [0.3, 0.4) is 0 Å². The molecule has 2 aromatic carbocycles. The van der Waals surface area contributed by atoms with Crippen molar-refractivity contribution in [3.63, 3.8) is 0 Å². The van der Waals surface area contributed by atoms with E-state index in [-0.39, 0.29) is 25.2 Å². The number of hydrogen-bond acceptors (Lipinski definition) is 8. The number of halogens is 1. The first kappa shape index (κ1) is 31.5. The summed E-state index contributed by atoms with van der Waals surface area (Å²) in [6, 6.07) is 14.3. The quantitative estimate of drug-likeness (QED) is 0.224. The second-order valence-corrected chi connectivity index (χ2v) is 11.5. The van der Waals surface area contributed by atoms with Crippen LogP contribution in [0, 0.1) is 17.8 Å². The van der Waals surface area contributed by atoms with Crippen molar-refractivity contribution in [2.75, 3.05) is 20.3 Å². The Hall–Kier alpha value is -3.47. The van der Waals surface area contributed by atoms with E-state index in [2.05, 4.69) is 20.7 Å². The average molecular weight is 643 g/mol. The number of methoxy groups -OCH3 is 1. The Labute approximate surface area is 253 Å². The number of aliphatic hydroxyl groups is 2. The van der Waals surface area contributed by atoms with Gasteiger partial charge in [0.05, 0.1) is 31.7 Å². The number of benzene rings is 2. The molecule has 0 saturated carbocycles. The second-order valence-electron chi connectivity index (χ2n) is 10.6. The Morgan fingerprint density at radius 3 is 2.55 bits per heavy atom. The van der Waals surface area contributed by atoms with Crippen molar-refractivity contribution in [1.29, 1.82) is 0 Å². The van der Waals surface area contributed by atoms with E-state index in [4.69, 9.17) is 4.74 Å². The number of aromatic hydroxyl groups is 1. The molecule has 9 nitrogen and oxygen atoms in total. The minimum Gasteiger partial charge on any atom is -0.507 e. The molecular weight excluding hydrogens is 606 g/mol. The molecule has 0 radical (unpaired) electrons. The number of phenols is 1. The van der Waals surface area contributed by atoms with E-state index >= 15 is 0 Å². The van der Waals surface area contributed by atoms with Gasteiger partial charge in [-0.05, 0) is 67.2 Å². The zero-order valence-electron chi connectivity index (χ0n) is 23.7. The Bertz CT molecular complexity index is 1370. The lowest BCUT2D eigenvalue weighted by molar-refractivity contribution is -0.137. The number of fused-ring (bicyclic) bond motifs is 1. The fraction of sp³-hybridized carbons (Fsp3) is 0.406. The summed E-state index contributed by atoms with van der Waals surface area (Å²) in [6.45, 7) is 1.59. The minimum atomic E-state index is -1.06. The first-order chi connectivity index (χ1) is 20.2. The third-order valence-electron chi connectivity index (χ3n) is 7.91. The normalized spacial score (nSPS) is 21.4. The van der Waals surface area contributed by atoms with E-state index in [0.717, 1.165) is 30.0 Å². The van der Waals surface area contributed by atoms with Crippen LogP contribution < -0.4 is 4.74 Å². The molecule has 0 aromatic heterocycles. The van der Waals surface area contributed by atoms with Crippen LogP contribution in [0.2, 0.25) is 0 Å². The number of para-hydroxylation sites is 1. The molecule has 1 fully saturated rings. The summed E-state index contributed by atoms with van der Waals surface area (Å²) < 4.78 is 11.5. The predicted octanol–water partition coefficient (Wildman–Crippen LogP) is 5.23. The van der Waals surface area contributed by atoms with E-state index in [1.54, 1.807) is 24.3 Å². The fourth-order valence-corrected chi connectivity index (χ4v) is 6.36. The monoisotopic (exact) mass is 641 g/mol. The number of imide groups is 3. The molecule has 0 bridgehead atoms. The molecule has 1 aliphatic carbocycles. The third kappa shape index (κ3) is 6.77. The number of carbonyl (C=O) groups excluding carboxylic acids is 3. The molecule has 4 atom stereocenters. The number of rotatable bonds is 11. The van der Waals surface area contributed by atoms with Gasteiger partial charge in [0, 0.05) is 16.0 Å². The fourth-order valence-electron chi connectivity index (χ4n) is 5.98. The molecule has 1 aliphatic heterocycles. The van der Waals surface area contributed by atoms with Crippen LogP contribution in [0.25, 0.3) is 6.08 Å². The lowest BCUT2D eigenvalue weighted by Gasteiger charge is -2.36. The molecule has 2 aromatic rings. The van der Waals surface area contributed by atoms with Gasteiger partial charge in [0.2, 0.25) is 11.8 Å². The van der Waals surface area contributed by atoms with Gasteiger partial charge in [0.1, 0.15) is 18.1 Å². The Kier molecular flexibility index (Phi) is 10.6. The number of likely N-dealkylation sites (tertiary alicyclic amines) is 1. The van der Waals surface area contributed by atoms with Gasteiger partial charge in [-0.1, -0.05) is 59.1 Å². The number of allylic oxidation sites excluding steroid dienone is 1. The number of carbonyl (C=O) groups is 3. The van der Waals surface area contributed by atoms with E-state index in [1.807, 2.05) is 37.3 Å². The van der Waals surface area contributed by atoms with Crippen molar-refractivity contribution in [3.8, 4) is 11.5 Å². The van der Waals surface area contributed by atoms with Gasteiger partial charge in [0.15, 0.2) is 0 Å². The third-order valence-corrected chi connectivity index (χ3v) is 8.41. The molecule has 3 amide bonds.